The number of hydrogen-bond acceptors (Lipinski definition) is 5. The third kappa shape index (κ3) is 5.30. The molecule has 168 valence electrons. The van der Waals surface area contributed by atoms with E-state index in [1.165, 1.54) is 17.0 Å². The molecule has 3 N–H and O–H groups in total. The summed E-state index contributed by atoms with van der Waals surface area (Å²) in [4.78, 5) is 43.5. The van der Waals surface area contributed by atoms with Crippen LogP contribution in [-0.2, 0) is 18.4 Å². The van der Waals surface area contributed by atoms with Crippen molar-refractivity contribution in [3.63, 3.8) is 0 Å². The molecule has 1 aromatic carbocycles. The zero-order valence-electron chi connectivity index (χ0n) is 18.5. The van der Waals surface area contributed by atoms with E-state index in [0.29, 0.717) is 11.1 Å². The number of benzene rings is 1. The Labute approximate surface area is 186 Å². The van der Waals surface area contributed by atoms with E-state index in [1.54, 1.807) is 36.1 Å². The van der Waals surface area contributed by atoms with Gasteiger partial charge in [0.15, 0.2) is 0 Å². The van der Waals surface area contributed by atoms with E-state index in [2.05, 4.69) is 10.3 Å². The smallest absolute Gasteiger partial charge is 0.274 e. The second-order valence-electron chi connectivity index (χ2n) is 8.62. The standard InChI is InChI=1S/C23H27N5O4/c1-23(2,3)25-19(29)14-28(12-15-7-9-16(10-8-15)21(30)26-32)22(31)17-13-27(4)18-6-5-11-24-20(17)18/h5-11,13,32H,12,14H2,1-4H3,(H,25,29)(H,26,30). The highest BCUT2D eigenvalue weighted by Gasteiger charge is 2.25. The lowest BCUT2D eigenvalue weighted by Crippen LogP contribution is -2.47. The van der Waals surface area contributed by atoms with Crippen molar-refractivity contribution in [3.8, 4) is 0 Å². The highest BCUT2D eigenvalue weighted by atomic mass is 16.5. The minimum Gasteiger partial charge on any atom is -0.350 e. The molecule has 3 aromatic rings. The van der Waals surface area contributed by atoms with Crippen LogP contribution in [0.4, 0.5) is 0 Å². The first-order chi connectivity index (χ1) is 15.1. The molecule has 0 saturated carbocycles. The number of rotatable bonds is 6. The lowest BCUT2D eigenvalue weighted by atomic mass is 10.1. The van der Waals surface area contributed by atoms with E-state index in [4.69, 9.17) is 5.21 Å². The van der Waals surface area contributed by atoms with Gasteiger partial charge >= 0.3 is 0 Å². The number of carbonyl (C=O) groups is 3. The molecule has 0 fully saturated rings. The van der Waals surface area contributed by atoms with Crippen molar-refractivity contribution in [3.05, 3.63) is 65.5 Å². The molecule has 2 aromatic heterocycles. The monoisotopic (exact) mass is 437 g/mol. The Kier molecular flexibility index (Phi) is 6.59. The van der Waals surface area contributed by atoms with E-state index in [-0.39, 0.29) is 30.5 Å². The molecule has 0 aliphatic rings. The summed E-state index contributed by atoms with van der Waals surface area (Å²) in [7, 11) is 1.84. The van der Waals surface area contributed by atoms with E-state index in [1.807, 2.05) is 38.5 Å². The second-order valence-corrected chi connectivity index (χ2v) is 8.62. The minimum atomic E-state index is -0.629. The molecule has 0 saturated heterocycles. The number of nitrogens with zero attached hydrogens (tertiary/aromatic N) is 3. The van der Waals surface area contributed by atoms with Gasteiger partial charge in [-0.15, -0.1) is 0 Å². The van der Waals surface area contributed by atoms with Gasteiger partial charge in [-0.2, -0.15) is 0 Å². The van der Waals surface area contributed by atoms with Gasteiger partial charge in [-0.05, 0) is 50.6 Å². The SMILES string of the molecule is Cn1cc(C(=O)N(CC(=O)NC(C)(C)C)Cc2ccc(C(=O)NO)cc2)c2ncccc21. The van der Waals surface area contributed by atoms with Crippen LogP contribution < -0.4 is 10.8 Å². The van der Waals surface area contributed by atoms with Crippen LogP contribution in [0.25, 0.3) is 11.0 Å². The minimum absolute atomic E-state index is 0.141. The molecule has 0 aliphatic heterocycles. The summed E-state index contributed by atoms with van der Waals surface area (Å²) in [5, 5.41) is 11.7. The largest absolute Gasteiger partial charge is 0.350 e. The van der Waals surface area contributed by atoms with Gasteiger partial charge < -0.3 is 14.8 Å². The highest BCUT2D eigenvalue weighted by molar-refractivity contribution is 6.06. The van der Waals surface area contributed by atoms with Crippen LogP contribution in [0.15, 0.2) is 48.8 Å². The van der Waals surface area contributed by atoms with Crippen molar-refractivity contribution in [2.45, 2.75) is 32.9 Å². The Morgan fingerprint density at radius 1 is 1.12 bits per heavy atom. The van der Waals surface area contributed by atoms with Gasteiger partial charge in [0.1, 0.15) is 12.1 Å². The molecule has 32 heavy (non-hydrogen) atoms. The van der Waals surface area contributed by atoms with Crippen molar-refractivity contribution < 1.29 is 19.6 Å². The summed E-state index contributed by atoms with van der Waals surface area (Å²) in [6, 6.07) is 10.1. The van der Waals surface area contributed by atoms with Crippen molar-refractivity contribution in [2.24, 2.45) is 7.05 Å². The van der Waals surface area contributed by atoms with Gasteiger partial charge in [0.25, 0.3) is 11.8 Å². The predicted octanol–water partition coefficient (Wildman–Crippen LogP) is 2.25. The molecule has 2 heterocycles. The van der Waals surface area contributed by atoms with Crippen LogP contribution in [0.3, 0.4) is 0 Å². The Balaban J connectivity index is 1.91. The number of aryl methyl sites for hydroxylation is 1. The molecular weight excluding hydrogens is 410 g/mol. The van der Waals surface area contributed by atoms with E-state index in [0.717, 1.165) is 11.1 Å². The first kappa shape index (κ1) is 23.0. The third-order valence-corrected chi connectivity index (χ3v) is 4.80. The maximum atomic E-state index is 13.5. The quantitative estimate of drug-likeness (QED) is 0.404. The summed E-state index contributed by atoms with van der Waals surface area (Å²) >= 11 is 0. The Morgan fingerprint density at radius 3 is 2.44 bits per heavy atom. The first-order valence-electron chi connectivity index (χ1n) is 10.1. The molecule has 0 spiro atoms. The number of fused-ring (bicyclic) bond motifs is 1. The zero-order valence-corrected chi connectivity index (χ0v) is 18.5. The van der Waals surface area contributed by atoms with Crippen LogP contribution in [0.2, 0.25) is 0 Å². The fourth-order valence-electron chi connectivity index (χ4n) is 3.42. The van der Waals surface area contributed by atoms with Crippen LogP contribution in [-0.4, -0.2) is 49.5 Å². The van der Waals surface area contributed by atoms with E-state index < -0.39 is 11.4 Å². The average molecular weight is 438 g/mol. The molecule has 0 bridgehead atoms. The normalized spacial score (nSPS) is 11.3. The van der Waals surface area contributed by atoms with Crippen LogP contribution >= 0.6 is 0 Å². The fourth-order valence-corrected chi connectivity index (χ4v) is 3.42. The van der Waals surface area contributed by atoms with Crippen LogP contribution in [0, 0.1) is 0 Å². The number of nitrogens with one attached hydrogen (secondary N) is 2. The molecule has 3 amide bonds. The number of hydrogen-bond donors (Lipinski definition) is 3. The Morgan fingerprint density at radius 2 is 1.81 bits per heavy atom. The molecule has 9 heteroatoms. The molecule has 9 nitrogen and oxygen atoms in total. The van der Waals surface area contributed by atoms with Crippen molar-refractivity contribution in [2.75, 3.05) is 6.54 Å². The highest BCUT2D eigenvalue weighted by Crippen LogP contribution is 2.21. The van der Waals surface area contributed by atoms with Gasteiger partial charge in [-0.3, -0.25) is 24.6 Å². The fraction of sp³-hybridized carbons (Fsp3) is 0.304. The molecule has 0 unspecified atom stereocenters. The number of hydroxylamine groups is 1. The van der Waals surface area contributed by atoms with Gasteiger partial charge in [-0.1, -0.05) is 12.1 Å². The van der Waals surface area contributed by atoms with Crippen LogP contribution in [0.5, 0.6) is 0 Å². The second kappa shape index (κ2) is 9.19. The molecule has 0 aliphatic carbocycles. The van der Waals surface area contributed by atoms with Crippen molar-refractivity contribution >= 4 is 28.8 Å². The molecule has 3 rings (SSSR count). The maximum absolute atomic E-state index is 13.5. The number of aromatic nitrogens is 2. The van der Waals surface area contributed by atoms with Crippen molar-refractivity contribution in [1.29, 1.82) is 0 Å². The summed E-state index contributed by atoms with van der Waals surface area (Å²) in [6.07, 6.45) is 3.34. The number of amides is 3. The number of carbonyl (C=O) groups excluding carboxylic acids is 3. The first-order valence-corrected chi connectivity index (χ1v) is 10.1. The molecule has 0 radical (unpaired) electrons. The third-order valence-electron chi connectivity index (χ3n) is 4.80. The summed E-state index contributed by atoms with van der Waals surface area (Å²) in [6.45, 7) is 5.63. The zero-order chi connectivity index (χ0) is 23.5. The van der Waals surface area contributed by atoms with Gasteiger partial charge in [0, 0.05) is 37.1 Å². The lowest BCUT2D eigenvalue weighted by Gasteiger charge is -2.26. The lowest BCUT2D eigenvalue weighted by molar-refractivity contribution is -0.123. The van der Waals surface area contributed by atoms with Gasteiger partial charge in [0.2, 0.25) is 5.91 Å². The summed E-state index contributed by atoms with van der Waals surface area (Å²) in [5.74, 6) is -1.23. The van der Waals surface area contributed by atoms with Crippen LogP contribution in [0.1, 0.15) is 47.1 Å². The summed E-state index contributed by atoms with van der Waals surface area (Å²) in [5.41, 5.74) is 3.93. The molecule has 0 atom stereocenters. The topological polar surface area (TPSA) is 117 Å². The van der Waals surface area contributed by atoms with Gasteiger partial charge in [-0.25, -0.2) is 5.48 Å². The predicted molar refractivity (Wildman–Crippen MR) is 119 cm³/mol. The molecular formula is C23H27N5O4. The van der Waals surface area contributed by atoms with Gasteiger partial charge in [0.05, 0.1) is 11.1 Å². The Hall–Kier alpha value is -3.72. The van der Waals surface area contributed by atoms with E-state index in [9.17, 15) is 14.4 Å². The maximum Gasteiger partial charge on any atom is 0.274 e. The number of pyridine rings is 1. The average Bonchev–Trinajstić information content (AvgIpc) is 3.08. The Bertz CT molecular complexity index is 1150. The van der Waals surface area contributed by atoms with E-state index >= 15 is 0 Å². The summed E-state index contributed by atoms with van der Waals surface area (Å²) < 4.78 is 1.82. The van der Waals surface area contributed by atoms with Crippen molar-refractivity contribution in [1.82, 2.24) is 25.2 Å².